The van der Waals surface area contributed by atoms with Gasteiger partial charge in [0.1, 0.15) is 0 Å². The number of amides is 1. The van der Waals surface area contributed by atoms with E-state index in [-0.39, 0.29) is 22.4 Å². The number of hydrogen-bond acceptors (Lipinski definition) is 6. The molecule has 1 saturated heterocycles. The summed E-state index contributed by atoms with van der Waals surface area (Å²) in [6.07, 6.45) is 1.85. The molecule has 23 heavy (non-hydrogen) atoms. The summed E-state index contributed by atoms with van der Waals surface area (Å²) in [5.74, 6) is -1.27. The maximum Gasteiger partial charge on any atom is 0.340 e. The number of carbonyl (C=O) groups excluding carboxylic acids is 2. The number of ether oxygens (including phenoxy) is 2. The van der Waals surface area contributed by atoms with Gasteiger partial charge in [0.25, 0.3) is 11.6 Å². The Kier molecular flexibility index (Phi) is 5.89. The molecule has 9 heteroatoms. The molecule has 0 bridgehead atoms. The lowest BCUT2D eigenvalue weighted by molar-refractivity contribution is -0.384. The van der Waals surface area contributed by atoms with E-state index in [9.17, 15) is 19.7 Å². The summed E-state index contributed by atoms with van der Waals surface area (Å²) in [6.45, 7) is 0.599. The topological polar surface area (TPSA) is 108 Å². The molecule has 1 amide bonds. The van der Waals surface area contributed by atoms with Crippen molar-refractivity contribution in [2.75, 3.05) is 19.8 Å². The second-order valence-electron chi connectivity index (χ2n) is 4.94. The quantitative estimate of drug-likeness (QED) is 0.479. The third-order valence-electron chi connectivity index (χ3n) is 3.27. The highest BCUT2D eigenvalue weighted by atomic mass is 35.5. The van der Waals surface area contributed by atoms with E-state index in [1.165, 1.54) is 6.07 Å². The summed E-state index contributed by atoms with van der Waals surface area (Å²) in [7, 11) is 0. The zero-order valence-electron chi connectivity index (χ0n) is 12.1. The summed E-state index contributed by atoms with van der Waals surface area (Å²) >= 11 is 5.81. The third kappa shape index (κ3) is 4.90. The van der Waals surface area contributed by atoms with Gasteiger partial charge in [-0.3, -0.25) is 14.9 Å². The number of esters is 1. The number of nitrogens with one attached hydrogen (secondary N) is 1. The maximum absolute atomic E-state index is 11.8. The number of benzene rings is 1. The van der Waals surface area contributed by atoms with Gasteiger partial charge in [-0.15, -0.1) is 0 Å². The second kappa shape index (κ2) is 7.89. The molecule has 2 rings (SSSR count). The van der Waals surface area contributed by atoms with Gasteiger partial charge in [-0.05, 0) is 18.9 Å². The van der Waals surface area contributed by atoms with Crippen LogP contribution in [0, 0.1) is 10.1 Å². The van der Waals surface area contributed by atoms with Crippen LogP contribution in [0.4, 0.5) is 5.69 Å². The summed E-state index contributed by atoms with van der Waals surface area (Å²) < 4.78 is 10.2. The molecule has 124 valence electrons. The van der Waals surface area contributed by atoms with E-state index in [1.807, 2.05) is 0 Å². The molecule has 0 radical (unpaired) electrons. The first-order valence-corrected chi connectivity index (χ1v) is 7.34. The van der Waals surface area contributed by atoms with Gasteiger partial charge in [0.15, 0.2) is 6.61 Å². The Labute approximate surface area is 136 Å². The minimum atomic E-state index is -0.822. The molecular formula is C14H15ClN2O6. The van der Waals surface area contributed by atoms with Crippen LogP contribution in [-0.2, 0) is 14.3 Å². The molecule has 1 N–H and O–H groups in total. The first-order valence-electron chi connectivity index (χ1n) is 6.96. The number of nitrogens with zero attached hydrogens (tertiary/aromatic N) is 1. The lowest BCUT2D eigenvalue weighted by Gasteiger charge is -2.11. The van der Waals surface area contributed by atoms with Crippen molar-refractivity contribution in [2.45, 2.75) is 18.9 Å². The lowest BCUT2D eigenvalue weighted by Crippen LogP contribution is -2.34. The Morgan fingerprint density at radius 3 is 2.87 bits per heavy atom. The smallest absolute Gasteiger partial charge is 0.340 e. The first kappa shape index (κ1) is 17.2. The molecule has 1 fully saturated rings. The Balaban J connectivity index is 1.81. The molecule has 1 aromatic carbocycles. The Morgan fingerprint density at radius 1 is 1.48 bits per heavy atom. The lowest BCUT2D eigenvalue weighted by atomic mass is 10.2. The number of nitro benzene ring substituents is 1. The zero-order valence-corrected chi connectivity index (χ0v) is 12.9. The fraction of sp³-hybridized carbons (Fsp3) is 0.429. The highest BCUT2D eigenvalue weighted by Crippen LogP contribution is 2.23. The number of hydrogen-bond donors (Lipinski definition) is 1. The second-order valence-corrected chi connectivity index (χ2v) is 5.34. The van der Waals surface area contributed by atoms with E-state index in [0.29, 0.717) is 13.2 Å². The van der Waals surface area contributed by atoms with Gasteiger partial charge in [0.05, 0.1) is 21.6 Å². The van der Waals surface area contributed by atoms with Gasteiger partial charge in [-0.2, -0.15) is 0 Å². The summed E-state index contributed by atoms with van der Waals surface area (Å²) in [5.41, 5.74) is -0.273. The van der Waals surface area contributed by atoms with E-state index in [1.54, 1.807) is 0 Å². The number of non-ortho nitro benzene ring substituents is 1. The van der Waals surface area contributed by atoms with Crippen molar-refractivity contribution in [3.63, 3.8) is 0 Å². The zero-order chi connectivity index (χ0) is 16.8. The van der Waals surface area contributed by atoms with Gasteiger partial charge in [-0.1, -0.05) is 11.6 Å². The van der Waals surface area contributed by atoms with Crippen LogP contribution in [0.5, 0.6) is 0 Å². The minimum Gasteiger partial charge on any atom is -0.452 e. The standard InChI is InChI=1S/C14H15ClN2O6/c15-12-6-9(17(20)21)3-4-11(12)14(19)23-8-13(18)16-7-10-2-1-5-22-10/h3-4,6,10H,1-2,5,7-8H2,(H,16,18)/t10-/m0/s1. The Morgan fingerprint density at radius 2 is 2.26 bits per heavy atom. The predicted molar refractivity (Wildman–Crippen MR) is 80.4 cm³/mol. The van der Waals surface area contributed by atoms with Crippen molar-refractivity contribution in [1.29, 1.82) is 0 Å². The third-order valence-corrected chi connectivity index (χ3v) is 3.58. The van der Waals surface area contributed by atoms with Crippen LogP contribution in [0.2, 0.25) is 5.02 Å². The highest BCUT2D eigenvalue weighted by molar-refractivity contribution is 6.33. The minimum absolute atomic E-state index is 0.00114. The number of nitro groups is 1. The Hall–Kier alpha value is -2.19. The van der Waals surface area contributed by atoms with Crippen molar-refractivity contribution in [2.24, 2.45) is 0 Å². The SMILES string of the molecule is O=C(COC(=O)c1ccc([N+](=O)[O-])cc1Cl)NC[C@@H]1CCCO1. The average Bonchev–Trinajstić information content (AvgIpc) is 3.03. The number of halogens is 1. The molecule has 0 spiro atoms. The molecular weight excluding hydrogens is 328 g/mol. The van der Waals surface area contributed by atoms with Crippen molar-refractivity contribution in [1.82, 2.24) is 5.32 Å². The van der Waals surface area contributed by atoms with Crippen LogP contribution in [0.15, 0.2) is 18.2 Å². The van der Waals surface area contributed by atoms with Gasteiger partial charge < -0.3 is 14.8 Å². The average molecular weight is 343 g/mol. The monoisotopic (exact) mass is 342 g/mol. The van der Waals surface area contributed by atoms with Gasteiger partial charge in [0, 0.05) is 25.3 Å². The summed E-state index contributed by atoms with van der Waals surface area (Å²) in [5, 5.41) is 13.1. The van der Waals surface area contributed by atoms with Crippen LogP contribution < -0.4 is 5.32 Å². The van der Waals surface area contributed by atoms with E-state index < -0.39 is 23.4 Å². The van der Waals surface area contributed by atoms with Crippen LogP contribution in [-0.4, -0.2) is 42.7 Å². The largest absolute Gasteiger partial charge is 0.452 e. The van der Waals surface area contributed by atoms with Crippen LogP contribution in [0.25, 0.3) is 0 Å². The van der Waals surface area contributed by atoms with Gasteiger partial charge in [0.2, 0.25) is 0 Å². The Bertz CT molecular complexity index is 615. The maximum atomic E-state index is 11.8. The van der Waals surface area contributed by atoms with Gasteiger partial charge in [-0.25, -0.2) is 4.79 Å². The van der Waals surface area contributed by atoms with E-state index in [4.69, 9.17) is 21.1 Å². The molecule has 0 unspecified atom stereocenters. The molecule has 1 heterocycles. The van der Waals surface area contributed by atoms with Crippen molar-refractivity contribution < 1.29 is 24.0 Å². The molecule has 8 nitrogen and oxygen atoms in total. The molecule has 1 aliphatic rings. The molecule has 0 aromatic heterocycles. The first-order chi connectivity index (χ1) is 11.0. The summed E-state index contributed by atoms with van der Waals surface area (Å²) in [6, 6.07) is 3.38. The molecule has 0 aliphatic carbocycles. The van der Waals surface area contributed by atoms with Crippen molar-refractivity contribution in [3.8, 4) is 0 Å². The number of carbonyl (C=O) groups is 2. The highest BCUT2D eigenvalue weighted by Gasteiger charge is 2.19. The van der Waals surface area contributed by atoms with Crippen molar-refractivity contribution in [3.05, 3.63) is 38.9 Å². The molecule has 1 atom stereocenters. The van der Waals surface area contributed by atoms with Gasteiger partial charge >= 0.3 is 5.97 Å². The van der Waals surface area contributed by atoms with E-state index in [0.717, 1.165) is 25.0 Å². The molecule has 1 aliphatic heterocycles. The van der Waals surface area contributed by atoms with Crippen LogP contribution in [0.1, 0.15) is 23.2 Å². The van der Waals surface area contributed by atoms with E-state index >= 15 is 0 Å². The normalized spacial score (nSPS) is 16.8. The van der Waals surface area contributed by atoms with Crippen molar-refractivity contribution >= 4 is 29.2 Å². The molecule has 1 aromatic rings. The van der Waals surface area contributed by atoms with E-state index in [2.05, 4.69) is 5.32 Å². The van der Waals surface area contributed by atoms with Crippen LogP contribution in [0.3, 0.4) is 0 Å². The fourth-order valence-electron chi connectivity index (χ4n) is 2.08. The molecule has 0 saturated carbocycles. The fourth-order valence-corrected chi connectivity index (χ4v) is 2.33. The van der Waals surface area contributed by atoms with Crippen LogP contribution >= 0.6 is 11.6 Å². The predicted octanol–water partition coefficient (Wildman–Crippen LogP) is 1.70. The summed E-state index contributed by atoms with van der Waals surface area (Å²) in [4.78, 5) is 33.4. The number of rotatable bonds is 6.